The van der Waals surface area contributed by atoms with Crippen LogP contribution in [0.4, 0.5) is 10.8 Å². The molecular weight excluding hydrogens is 310 g/mol. The molecule has 1 aromatic carbocycles. The van der Waals surface area contributed by atoms with Crippen molar-refractivity contribution in [3.8, 4) is 6.07 Å². The molecule has 0 radical (unpaired) electrons. The maximum atomic E-state index is 9.07. The summed E-state index contributed by atoms with van der Waals surface area (Å²) >= 11 is 5.02. The lowest BCUT2D eigenvalue weighted by Crippen LogP contribution is -1.93. The minimum absolute atomic E-state index is 0.615. The molecule has 1 aromatic heterocycles. The van der Waals surface area contributed by atoms with Crippen LogP contribution in [0.2, 0.25) is 0 Å². The standard InChI is InChI=1S/C13H12BrN3S/c1-3-11-8(2)18-13(16-11)17-12-6-10(14)5-4-9(12)7-15/h4-6H,3H2,1-2H3,(H,16,17). The lowest BCUT2D eigenvalue weighted by Gasteiger charge is -2.05. The molecule has 0 atom stereocenters. The Bertz CT molecular complexity index is 613. The Morgan fingerprint density at radius 3 is 2.89 bits per heavy atom. The molecule has 1 N–H and O–H groups in total. The van der Waals surface area contributed by atoms with Gasteiger partial charge in [0.25, 0.3) is 0 Å². The third-order valence-corrected chi connectivity index (χ3v) is 3.99. The quantitative estimate of drug-likeness (QED) is 0.911. The summed E-state index contributed by atoms with van der Waals surface area (Å²) in [5.41, 5.74) is 2.50. The van der Waals surface area contributed by atoms with Crippen molar-refractivity contribution in [3.63, 3.8) is 0 Å². The van der Waals surface area contributed by atoms with Crippen molar-refractivity contribution in [2.75, 3.05) is 5.32 Å². The van der Waals surface area contributed by atoms with Crippen LogP contribution in [0.25, 0.3) is 0 Å². The van der Waals surface area contributed by atoms with Gasteiger partial charge in [0.1, 0.15) is 6.07 Å². The summed E-state index contributed by atoms with van der Waals surface area (Å²) in [5, 5.41) is 13.1. The van der Waals surface area contributed by atoms with Crippen LogP contribution in [0.5, 0.6) is 0 Å². The molecule has 5 heteroatoms. The zero-order valence-electron chi connectivity index (χ0n) is 10.1. The minimum Gasteiger partial charge on any atom is -0.330 e. The molecule has 1 heterocycles. The molecule has 0 bridgehead atoms. The topological polar surface area (TPSA) is 48.7 Å². The number of nitriles is 1. The van der Waals surface area contributed by atoms with Crippen LogP contribution in [-0.4, -0.2) is 4.98 Å². The molecule has 0 aliphatic rings. The minimum atomic E-state index is 0.615. The van der Waals surface area contributed by atoms with E-state index in [2.05, 4.69) is 46.1 Å². The summed E-state index contributed by atoms with van der Waals surface area (Å²) in [7, 11) is 0. The van der Waals surface area contributed by atoms with Gasteiger partial charge in [-0.05, 0) is 31.5 Å². The van der Waals surface area contributed by atoms with Crippen molar-refractivity contribution >= 4 is 38.1 Å². The monoisotopic (exact) mass is 321 g/mol. The lowest BCUT2D eigenvalue weighted by atomic mass is 10.2. The Hall–Kier alpha value is -1.38. The Balaban J connectivity index is 2.33. The third-order valence-electron chi connectivity index (χ3n) is 2.57. The SMILES string of the molecule is CCc1nc(Nc2cc(Br)ccc2C#N)sc1C. The fourth-order valence-corrected chi connectivity index (χ4v) is 2.92. The highest BCUT2D eigenvalue weighted by Crippen LogP contribution is 2.28. The second kappa shape index (κ2) is 5.51. The van der Waals surface area contributed by atoms with Gasteiger partial charge in [-0.25, -0.2) is 4.98 Å². The molecule has 2 aromatic rings. The second-order valence-corrected chi connectivity index (χ2v) is 5.92. The van der Waals surface area contributed by atoms with Crippen molar-refractivity contribution < 1.29 is 0 Å². The first-order chi connectivity index (χ1) is 8.63. The van der Waals surface area contributed by atoms with Crippen molar-refractivity contribution in [2.45, 2.75) is 20.3 Å². The summed E-state index contributed by atoms with van der Waals surface area (Å²) < 4.78 is 0.938. The van der Waals surface area contributed by atoms with E-state index >= 15 is 0 Å². The van der Waals surface area contributed by atoms with E-state index in [-0.39, 0.29) is 0 Å². The van der Waals surface area contributed by atoms with E-state index in [1.54, 1.807) is 17.4 Å². The molecule has 0 spiro atoms. The molecule has 0 saturated heterocycles. The van der Waals surface area contributed by atoms with Crippen molar-refractivity contribution in [1.82, 2.24) is 4.98 Å². The maximum absolute atomic E-state index is 9.07. The fraction of sp³-hybridized carbons (Fsp3) is 0.231. The number of rotatable bonds is 3. The summed E-state index contributed by atoms with van der Waals surface area (Å²) in [6, 6.07) is 7.70. The number of anilines is 2. The average molecular weight is 322 g/mol. The number of nitrogens with zero attached hydrogens (tertiary/aromatic N) is 2. The highest BCUT2D eigenvalue weighted by molar-refractivity contribution is 9.10. The van der Waals surface area contributed by atoms with Gasteiger partial charge in [-0.3, -0.25) is 0 Å². The molecule has 3 nitrogen and oxygen atoms in total. The number of nitrogens with one attached hydrogen (secondary N) is 1. The zero-order valence-corrected chi connectivity index (χ0v) is 12.5. The highest BCUT2D eigenvalue weighted by Gasteiger charge is 2.08. The number of hydrogen-bond donors (Lipinski definition) is 1. The van der Waals surface area contributed by atoms with Gasteiger partial charge >= 0.3 is 0 Å². The highest BCUT2D eigenvalue weighted by atomic mass is 79.9. The van der Waals surface area contributed by atoms with Gasteiger partial charge in [0.2, 0.25) is 0 Å². The van der Waals surface area contributed by atoms with E-state index in [9.17, 15) is 0 Å². The van der Waals surface area contributed by atoms with E-state index in [1.165, 1.54) is 4.88 Å². The average Bonchev–Trinajstić information content (AvgIpc) is 2.70. The predicted molar refractivity (Wildman–Crippen MR) is 78.4 cm³/mol. The van der Waals surface area contributed by atoms with E-state index < -0.39 is 0 Å². The molecule has 92 valence electrons. The summed E-state index contributed by atoms with van der Waals surface area (Å²) in [4.78, 5) is 5.73. The third kappa shape index (κ3) is 2.71. The van der Waals surface area contributed by atoms with Crippen LogP contribution in [0.3, 0.4) is 0 Å². The largest absolute Gasteiger partial charge is 0.330 e. The van der Waals surface area contributed by atoms with Crippen LogP contribution in [0.1, 0.15) is 23.1 Å². The number of hydrogen-bond acceptors (Lipinski definition) is 4. The lowest BCUT2D eigenvalue weighted by molar-refractivity contribution is 1.05. The molecule has 0 aliphatic carbocycles. The maximum Gasteiger partial charge on any atom is 0.187 e. The van der Waals surface area contributed by atoms with Gasteiger partial charge in [-0.2, -0.15) is 5.26 Å². The van der Waals surface area contributed by atoms with Gasteiger partial charge in [-0.1, -0.05) is 22.9 Å². The molecule has 0 fully saturated rings. The normalized spacial score (nSPS) is 10.1. The van der Waals surface area contributed by atoms with Crippen molar-refractivity contribution in [1.29, 1.82) is 5.26 Å². The molecular formula is C13H12BrN3S. The zero-order chi connectivity index (χ0) is 13.1. The predicted octanol–water partition coefficient (Wildman–Crippen LogP) is 4.39. The number of benzene rings is 1. The van der Waals surface area contributed by atoms with E-state index in [4.69, 9.17) is 5.26 Å². The first-order valence-electron chi connectivity index (χ1n) is 5.57. The smallest absolute Gasteiger partial charge is 0.187 e. The van der Waals surface area contributed by atoms with E-state index in [1.807, 2.05) is 12.1 Å². The first kappa shape index (κ1) is 13.1. The Morgan fingerprint density at radius 2 is 2.28 bits per heavy atom. The van der Waals surface area contributed by atoms with Gasteiger partial charge in [0.05, 0.1) is 16.9 Å². The summed E-state index contributed by atoms with van der Waals surface area (Å²) in [6.07, 6.45) is 0.924. The number of aryl methyl sites for hydroxylation is 2. The molecule has 2 rings (SSSR count). The molecule has 18 heavy (non-hydrogen) atoms. The van der Waals surface area contributed by atoms with Crippen LogP contribution in [0, 0.1) is 18.3 Å². The van der Waals surface area contributed by atoms with Gasteiger partial charge in [0.15, 0.2) is 5.13 Å². The van der Waals surface area contributed by atoms with Crippen molar-refractivity contribution in [3.05, 3.63) is 38.8 Å². The molecule has 0 amide bonds. The number of thiazole rings is 1. The van der Waals surface area contributed by atoms with E-state index in [0.29, 0.717) is 5.56 Å². The van der Waals surface area contributed by atoms with Gasteiger partial charge in [0, 0.05) is 9.35 Å². The van der Waals surface area contributed by atoms with Gasteiger partial charge in [-0.15, -0.1) is 11.3 Å². The molecule has 0 saturated carbocycles. The van der Waals surface area contributed by atoms with Crippen LogP contribution in [-0.2, 0) is 6.42 Å². The number of halogens is 1. The Labute approximate surface area is 119 Å². The summed E-state index contributed by atoms with van der Waals surface area (Å²) in [5.74, 6) is 0. The fourth-order valence-electron chi connectivity index (χ4n) is 1.64. The van der Waals surface area contributed by atoms with Crippen LogP contribution >= 0.6 is 27.3 Å². The van der Waals surface area contributed by atoms with E-state index in [0.717, 1.165) is 27.4 Å². The number of aromatic nitrogens is 1. The Morgan fingerprint density at radius 1 is 1.50 bits per heavy atom. The van der Waals surface area contributed by atoms with Crippen LogP contribution in [0.15, 0.2) is 22.7 Å². The van der Waals surface area contributed by atoms with Crippen LogP contribution < -0.4 is 5.32 Å². The molecule has 0 unspecified atom stereocenters. The molecule has 0 aliphatic heterocycles. The summed E-state index contributed by atoms with van der Waals surface area (Å²) in [6.45, 7) is 4.15. The Kier molecular flexibility index (Phi) is 4.00. The van der Waals surface area contributed by atoms with Gasteiger partial charge < -0.3 is 5.32 Å². The second-order valence-electron chi connectivity index (χ2n) is 3.80. The first-order valence-corrected chi connectivity index (χ1v) is 7.18. The van der Waals surface area contributed by atoms with Crippen molar-refractivity contribution in [2.24, 2.45) is 0 Å².